The second-order valence-corrected chi connectivity index (χ2v) is 6.88. The summed E-state index contributed by atoms with van der Waals surface area (Å²) in [6, 6.07) is 3.52. The molecule has 2 rings (SSSR count). The van der Waals surface area contributed by atoms with Crippen LogP contribution in [-0.2, 0) is 11.3 Å². The Morgan fingerprint density at radius 2 is 2.11 bits per heavy atom. The molecule has 98 valence electrons. The van der Waals surface area contributed by atoms with Crippen LogP contribution in [0.1, 0.15) is 17.7 Å². The zero-order valence-corrected chi connectivity index (χ0v) is 11.9. The van der Waals surface area contributed by atoms with Crippen LogP contribution < -0.4 is 10.6 Å². The van der Waals surface area contributed by atoms with Gasteiger partial charge in [-0.15, -0.1) is 11.3 Å². The van der Waals surface area contributed by atoms with Gasteiger partial charge in [-0.1, -0.05) is 0 Å². The molecule has 1 aliphatic carbocycles. The smallest absolute Gasteiger partial charge is 0.315 e. The number of carboxylic acids is 1. The van der Waals surface area contributed by atoms with E-state index in [1.165, 1.54) is 0 Å². The van der Waals surface area contributed by atoms with Crippen LogP contribution >= 0.6 is 27.3 Å². The zero-order chi connectivity index (χ0) is 13.2. The van der Waals surface area contributed by atoms with E-state index in [-0.39, 0.29) is 12.6 Å². The third kappa shape index (κ3) is 3.23. The van der Waals surface area contributed by atoms with Gasteiger partial charge in [0, 0.05) is 11.4 Å². The van der Waals surface area contributed by atoms with Gasteiger partial charge in [0.2, 0.25) is 0 Å². The summed E-state index contributed by atoms with van der Waals surface area (Å²) in [5.74, 6) is -0.829. The Morgan fingerprint density at radius 3 is 2.61 bits per heavy atom. The van der Waals surface area contributed by atoms with Crippen molar-refractivity contribution in [3.8, 4) is 0 Å². The van der Waals surface area contributed by atoms with Crippen molar-refractivity contribution in [1.29, 1.82) is 0 Å². The molecule has 0 radical (unpaired) electrons. The van der Waals surface area contributed by atoms with Gasteiger partial charge >= 0.3 is 12.0 Å². The summed E-state index contributed by atoms with van der Waals surface area (Å²) in [7, 11) is 0. The SMILES string of the molecule is O=C(NCc1ccc(Br)s1)NCC1(C(=O)O)CC1. The van der Waals surface area contributed by atoms with E-state index in [0.717, 1.165) is 8.66 Å². The number of halogens is 1. The molecule has 0 spiro atoms. The third-order valence-corrected chi connectivity index (χ3v) is 4.57. The highest BCUT2D eigenvalue weighted by Crippen LogP contribution is 2.45. The van der Waals surface area contributed by atoms with Gasteiger partial charge in [-0.25, -0.2) is 4.79 Å². The normalized spacial score (nSPS) is 16.1. The summed E-state index contributed by atoms with van der Waals surface area (Å²) in [4.78, 5) is 23.4. The zero-order valence-electron chi connectivity index (χ0n) is 9.53. The third-order valence-electron chi connectivity index (χ3n) is 2.95. The molecular formula is C11H13BrN2O3S. The molecule has 0 aromatic carbocycles. The Kier molecular flexibility index (Phi) is 3.91. The Bertz CT molecular complexity index is 471. The van der Waals surface area contributed by atoms with E-state index in [4.69, 9.17) is 5.11 Å². The molecule has 3 N–H and O–H groups in total. The molecule has 0 unspecified atom stereocenters. The van der Waals surface area contributed by atoms with Crippen LogP contribution in [0.25, 0.3) is 0 Å². The molecule has 0 aliphatic heterocycles. The average Bonchev–Trinajstić information content (AvgIpc) is 3.02. The summed E-state index contributed by atoms with van der Waals surface area (Å²) >= 11 is 4.90. The lowest BCUT2D eigenvalue weighted by molar-refractivity contribution is -0.143. The lowest BCUT2D eigenvalue weighted by Gasteiger charge is -2.11. The minimum atomic E-state index is -0.829. The van der Waals surface area contributed by atoms with E-state index in [1.807, 2.05) is 12.1 Å². The molecule has 7 heteroatoms. The summed E-state index contributed by atoms with van der Waals surface area (Å²) < 4.78 is 1.02. The molecule has 0 atom stereocenters. The minimum absolute atomic E-state index is 0.197. The van der Waals surface area contributed by atoms with Gasteiger partial charge in [0.05, 0.1) is 15.7 Å². The van der Waals surface area contributed by atoms with Crippen molar-refractivity contribution in [2.45, 2.75) is 19.4 Å². The van der Waals surface area contributed by atoms with E-state index in [1.54, 1.807) is 11.3 Å². The Hall–Kier alpha value is -1.08. The number of urea groups is 1. The van der Waals surface area contributed by atoms with Gasteiger partial charge in [0.1, 0.15) is 0 Å². The Morgan fingerprint density at radius 1 is 1.39 bits per heavy atom. The van der Waals surface area contributed by atoms with Crippen LogP contribution in [0.3, 0.4) is 0 Å². The maximum Gasteiger partial charge on any atom is 0.315 e. The molecule has 18 heavy (non-hydrogen) atoms. The van der Waals surface area contributed by atoms with Crippen molar-refractivity contribution in [2.75, 3.05) is 6.54 Å². The first-order valence-electron chi connectivity index (χ1n) is 5.51. The number of carbonyl (C=O) groups is 2. The average molecular weight is 333 g/mol. The van der Waals surface area contributed by atoms with Crippen LogP contribution in [0.5, 0.6) is 0 Å². The molecule has 1 aromatic heterocycles. The van der Waals surface area contributed by atoms with Crippen LogP contribution in [0.15, 0.2) is 15.9 Å². The van der Waals surface area contributed by atoms with E-state index >= 15 is 0 Å². The molecule has 1 heterocycles. The fourth-order valence-electron chi connectivity index (χ4n) is 1.54. The quantitative estimate of drug-likeness (QED) is 0.773. The number of amides is 2. The van der Waals surface area contributed by atoms with Gasteiger partial charge in [0.15, 0.2) is 0 Å². The lowest BCUT2D eigenvalue weighted by atomic mass is 10.1. The van der Waals surface area contributed by atoms with Gasteiger partial charge in [-0.05, 0) is 40.9 Å². The number of rotatable bonds is 5. The highest BCUT2D eigenvalue weighted by molar-refractivity contribution is 9.11. The highest BCUT2D eigenvalue weighted by Gasteiger charge is 2.50. The topological polar surface area (TPSA) is 78.4 Å². The molecule has 1 aliphatic rings. The number of nitrogens with one attached hydrogen (secondary N) is 2. The number of thiophene rings is 1. The van der Waals surface area contributed by atoms with Crippen LogP contribution in [-0.4, -0.2) is 23.7 Å². The maximum absolute atomic E-state index is 11.5. The first-order chi connectivity index (χ1) is 8.52. The second kappa shape index (κ2) is 5.27. The van der Waals surface area contributed by atoms with E-state index in [0.29, 0.717) is 19.4 Å². The van der Waals surface area contributed by atoms with Crippen molar-refractivity contribution in [3.63, 3.8) is 0 Å². The monoisotopic (exact) mass is 332 g/mol. The summed E-state index contributed by atoms with van der Waals surface area (Å²) in [5, 5.41) is 14.3. The van der Waals surface area contributed by atoms with E-state index in [9.17, 15) is 9.59 Å². The first-order valence-corrected chi connectivity index (χ1v) is 7.12. The van der Waals surface area contributed by atoms with Crippen molar-refractivity contribution in [1.82, 2.24) is 10.6 Å². The van der Waals surface area contributed by atoms with E-state index in [2.05, 4.69) is 26.6 Å². The number of aliphatic carboxylic acids is 1. The molecule has 1 saturated carbocycles. The fourth-order valence-corrected chi connectivity index (χ4v) is 2.97. The number of carbonyl (C=O) groups excluding carboxylic acids is 1. The van der Waals surface area contributed by atoms with Crippen LogP contribution in [0, 0.1) is 5.41 Å². The molecule has 5 nitrogen and oxygen atoms in total. The first kappa shape index (κ1) is 13.4. The summed E-state index contributed by atoms with van der Waals surface area (Å²) in [5.41, 5.74) is -0.719. The fraction of sp³-hybridized carbons (Fsp3) is 0.455. The van der Waals surface area contributed by atoms with Crippen molar-refractivity contribution in [3.05, 3.63) is 20.8 Å². The number of hydrogen-bond donors (Lipinski definition) is 3. The molecule has 0 saturated heterocycles. The lowest BCUT2D eigenvalue weighted by Crippen LogP contribution is -2.40. The van der Waals surface area contributed by atoms with Gasteiger partial charge in [0.25, 0.3) is 0 Å². The van der Waals surface area contributed by atoms with Crippen molar-refractivity contribution >= 4 is 39.3 Å². The minimum Gasteiger partial charge on any atom is -0.481 e. The molecule has 2 amide bonds. The summed E-state index contributed by atoms with van der Waals surface area (Å²) in [6.45, 7) is 0.643. The predicted octanol–water partition coefficient (Wildman–Crippen LogP) is 2.17. The molecule has 0 bridgehead atoms. The Balaban J connectivity index is 1.71. The predicted molar refractivity (Wildman–Crippen MR) is 71.6 cm³/mol. The van der Waals surface area contributed by atoms with Crippen molar-refractivity contribution < 1.29 is 14.7 Å². The largest absolute Gasteiger partial charge is 0.481 e. The standard InChI is InChI=1S/C11H13BrN2O3S/c12-8-2-1-7(18-8)5-13-10(17)14-6-11(3-4-11)9(15)16/h1-2H,3-6H2,(H,15,16)(H2,13,14,17). The van der Waals surface area contributed by atoms with Crippen molar-refractivity contribution in [2.24, 2.45) is 5.41 Å². The summed E-state index contributed by atoms with van der Waals surface area (Å²) in [6.07, 6.45) is 1.28. The number of hydrogen-bond acceptors (Lipinski definition) is 3. The van der Waals surface area contributed by atoms with Gasteiger partial charge < -0.3 is 15.7 Å². The van der Waals surface area contributed by atoms with E-state index < -0.39 is 11.4 Å². The maximum atomic E-state index is 11.5. The number of carboxylic acid groups (broad SMARTS) is 1. The van der Waals surface area contributed by atoms with Crippen LogP contribution in [0.2, 0.25) is 0 Å². The molecule has 1 aromatic rings. The van der Waals surface area contributed by atoms with Gasteiger partial charge in [-0.2, -0.15) is 0 Å². The van der Waals surface area contributed by atoms with Gasteiger partial charge in [-0.3, -0.25) is 4.79 Å². The second-order valence-electron chi connectivity index (χ2n) is 4.33. The van der Waals surface area contributed by atoms with Crippen LogP contribution in [0.4, 0.5) is 4.79 Å². The Labute approximate surface area is 117 Å². The molecule has 1 fully saturated rings. The highest BCUT2D eigenvalue weighted by atomic mass is 79.9. The molecular weight excluding hydrogens is 320 g/mol.